The highest BCUT2D eigenvalue weighted by Crippen LogP contribution is 2.24. The molecule has 0 fully saturated rings. The summed E-state index contributed by atoms with van der Waals surface area (Å²) in [6.45, 7) is 3.30. The van der Waals surface area contributed by atoms with Crippen molar-refractivity contribution in [1.29, 1.82) is 0 Å². The number of hydrogen-bond donors (Lipinski definition) is 1. The number of nitrogens with one attached hydrogen (secondary N) is 1. The molecule has 0 radical (unpaired) electrons. The van der Waals surface area contributed by atoms with Gasteiger partial charge in [0.2, 0.25) is 11.7 Å². The molecule has 0 spiro atoms. The minimum absolute atomic E-state index is 0.125. The molecule has 0 atom stereocenters. The maximum absolute atomic E-state index is 13.4. The molecule has 0 aliphatic heterocycles. The predicted molar refractivity (Wildman–Crippen MR) is 65.8 cm³/mol. The van der Waals surface area contributed by atoms with Gasteiger partial charge in [-0.2, -0.15) is 4.39 Å². The lowest BCUT2D eigenvalue weighted by atomic mass is 10.3. The summed E-state index contributed by atoms with van der Waals surface area (Å²) in [6, 6.07) is 3.72. The Morgan fingerprint density at radius 1 is 1.26 bits per heavy atom. The molecule has 0 unspecified atom stereocenters. The monoisotopic (exact) mass is 265 g/mol. The van der Waals surface area contributed by atoms with E-state index in [0.717, 1.165) is 12.6 Å². The molecular formula is C13H13F2N3O. The molecule has 1 aromatic carbocycles. The Morgan fingerprint density at radius 2 is 2.11 bits per heavy atom. The van der Waals surface area contributed by atoms with E-state index in [1.165, 1.54) is 18.3 Å². The number of halogens is 2. The van der Waals surface area contributed by atoms with E-state index in [4.69, 9.17) is 4.74 Å². The Balaban J connectivity index is 2.16. The molecule has 100 valence electrons. The van der Waals surface area contributed by atoms with Crippen molar-refractivity contribution in [3.63, 3.8) is 0 Å². The zero-order valence-corrected chi connectivity index (χ0v) is 10.4. The highest BCUT2D eigenvalue weighted by Gasteiger charge is 2.10. The van der Waals surface area contributed by atoms with Gasteiger partial charge in [0.1, 0.15) is 0 Å². The van der Waals surface area contributed by atoms with E-state index in [2.05, 4.69) is 15.3 Å². The topological polar surface area (TPSA) is 47.0 Å². The van der Waals surface area contributed by atoms with Crippen molar-refractivity contribution in [3.8, 4) is 11.6 Å². The molecule has 0 amide bonds. The molecule has 0 aliphatic carbocycles. The van der Waals surface area contributed by atoms with E-state index >= 15 is 0 Å². The summed E-state index contributed by atoms with van der Waals surface area (Å²) in [5.74, 6) is -2.09. The van der Waals surface area contributed by atoms with Gasteiger partial charge in [-0.3, -0.25) is 4.98 Å². The highest BCUT2D eigenvalue weighted by atomic mass is 19.2. The van der Waals surface area contributed by atoms with E-state index < -0.39 is 11.6 Å². The number of nitrogens with zero attached hydrogens (tertiary/aromatic N) is 2. The van der Waals surface area contributed by atoms with Crippen LogP contribution in [0, 0.1) is 11.6 Å². The largest absolute Gasteiger partial charge is 0.434 e. The molecule has 4 nitrogen and oxygen atoms in total. The van der Waals surface area contributed by atoms with Crippen LogP contribution in [-0.4, -0.2) is 16.5 Å². The maximum atomic E-state index is 13.4. The van der Waals surface area contributed by atoms with Crippen LogP contribution in [0.3, 0.4) is 0 Å². The second-order valence-corrected chi connectivity index (χ2v) is 3.78. The molecule has 2 rings (SSSR count). The van der Waals surface area contributed by atoms with Crippen LogP contribution in [0.5, 0.6) is 11.6 Å². The molecule has 19 heavy (non-hydrogen) atoms. The van der Waals surface area contributed by atoms with Gasteiger partial charge in [0.15, 0.2) is 11.6 Å². The fourth-order valence-electron chi connectivity index (χ4n) is 1.45. The third-order valence-corrected chi connectivity index (χ3v) is 2.35. The first-order valence-corrected chi connectivity index (χ1v) is 5.84. The van der Waals surface area contributed by atoms with Gasteiger partial charge in [-0.25, -0.2) is 9.37 Å². The van der Waals surface area contributed by atoms with Crippen LogP contribution in [-0.2, 0) is 6.54 Å². The van der Waals surface area contributed by atoms with E-state index in [1.807, 2.05) is 6.92 Å². The molecule has 0 saturated heterocycles. The van der Waals surface area contributed by atoms with Gasteiger partial charge >= 0.3 is 0 Å². The molecule has 1 N–H and O–H groups in total. The van der Waals surface area contributed by atoms with Crippen molar-refractivity contribution >= 4 is 0 Å². The normalized spacial score (nSPS) is 10.5. The lowest BCUT2D eigenvalue weighted by Crippen LogP contribution is -2.13. The van der Waals surface area contributed by atoms with Crippen LogP contribution < -0.4 is 10.1 Å². The minimum Gasteiger partial charge on any atom is -0.434 e. The molecule has 1 heterocycles. The predicted octanol–water partition coefficient (Wildman–Crippen LogP) is 2.66. The number of ether oxygens (including phenoxy) is 1. The lowest BCUT2D eigenvalue weighted by molar-refractivity contribution is 0.402. The molecule has 0 aliphatic rings. The Hall–Kier alpha value is -2.08. The molecule has 0 bridgehead atoms. The molecular weight excluding hydrogens is 252 g/mol. The summed E-state index contributed by atoms with van der Waals surface area (Å²) < 4.78 is 31.7. The van der Waals surface area contributed by atoms with Crippen LogP contribution in [0.15, 0.2) is 30.6 Å². The van der Waals surface area contributed by atoms with Crippen LogP contribution in [0.2, 0.25) is 0 Å². The summed E-state index contributed by atoms with van der Waals surface area (Å²) in [4.78, 5) is 8.08. The van der Waals surface area contributed by atoms with Gasteiger partial charge in [0, 0.05) is 12.7 Å². The number of aromatic nitrogens is 2. The first-order chi connectivity index (χ1) is 9.20. The van der Waals surface area contributed by atoms with Crippen molar-refractivity contribution in [2.45, 2.75) is 13.5 Å². The van der Waals surface area contributed by atoms with Crippen molar-refractivity contribution in [1.82, 2.24) is 15.3 Å². The summed E-state index contributed by atoms with van der Waals surface area (Å²) in [7, 11) is 0. The molecule has 2 aromatic rings. The van der Waals surface area contributed by atoms with Crippen molar-refractivity contribution < 1.29 is 13.5 Å². The average molecular weight is 265 g/mol. The Labute approximate surface area is 109 Å². The van der Waals surface area contributed by atoms with Crippen molar-refractivity contribution in [3.05, 3.63) is 47.9 Å². The third-order valence-electron chi connectivity index (χ3n) is 2.35. The van der Waals surface area contributed by atoms with E-state index in [1.54, 1.807) is 6.20 Å². The summed E-state index contributed by atoms with van der Waals surface area (Å²) in [6.07, 6.45) is 2.93. The zero-order chi connectivity index (χ0) is 13.7. The lowest BCUT2D eigenvalue weighted by Gasteiger charge is -2.07. The Bertz CT molecular complexity index is 563. The van der Waals surface area contributed by atoms with Crippen LogP contribution >= 0.6 is 0 Å². The van der Waals surface area contributed by atoms with Crippen molar-refractivity contribution in [2.75, 3.05) is 6.54 Å². The van der Waals surface area contributed by atoms with Gasteiger partial charge in [-0.05, 0) is 18.7 Å². The van der Waals surface area contributed by atoms with Crippen LogP contribution in [0.1, 0.15) is 12.6 Å². The van der Waals surface area contributed by atoms with Gasteiger partial charge < -0.3 is 10.1 Å². The summed E-state index contributed by atoms with van der Waals surface area (Å²) >= 11 is 0. The zero-order valence-electron chi connectivity index (χ0n) is 10.4. The first-order valence-electron chi connectivity index (χ1n) is 5.84. The van der Waals surface area contributed by atoms with Crippen LogP contribution in [0.25, 0.3) is 0 Å². The SMILES string of the molecule is CCNCc1cncc(Oc2cccc(F)c2F)n1. The van der Waals surface area contributed by atoms with Gasteiger partial charge in [-0.1, -0.05) is 13.0 Å². The summed E-state index contributed by atoms with van der Waals surface area (Å²) in [5, 5.41) is 3.08. The van der Waals surface area contributed by atoms with Gasteiger partial charge in [0.05, 0.1) is 11.9 Å². The molecule has 0 saturated carbocycles. The second-order valence-electron chi connectivity index (χ2n) is 3.78. The standard InChI is InChI=1S/C13H13F2N3O/c1-2-16-6-9-7-17-8-12(18-9)19-11-5-3-4-10(14)13(11)15/h3-5,7-8,16H,2,6H2,1H3. The van der Waals surface area contributed by atoms with E-state index in [-0.39, 0.29) is 11.6 Å². The van der Waals surface area contributed by atoms with Gasteiger partial charge in [-0.15, -0.1) is 0 Å². The number of hydrogen-bond acceptors (Lipinski definition) is 4. The smallest absolute Gasteiger partial charge is 0.238 e. The summed E-state index contributed by atoms with van der Waals surface area (Å²) in [5.41, 5.74) is 0.663. The second kappa shape index (κ2) is 6.19. The van der Waals surface area contributed by atoms with Crippen molar-refractivity contribution in [2.24, 2.45) is 0 Å². The minimum atomic E-state index is -1.04. The number of rotatable bonds is 5. The van der Waals surface area contributed by atoms with Gasteiger partial charge in [0.25, 0.3) is 0 Å². The first kappa shape index (κ1) is 13.4. The Kier molecular flexibility index (Phi) is 4.35. The van der Waals surface area contributed by atoms with E-state index in [9.17, 15) is 8.78 Å². The number of benzene rings is 1. The highest BCUT2D eigenvalue weighted by molar-refractivity contribution is 5.28. The fourth-order valence-corrected chi connectivity index (χ4v) is 1.45. The average Bonchev–Trinajstić information content (AvgIpc) is 2.42. The van der Waals surface area contributed by atoms with E-state index in [0.29, 0.717) is 12.2 Å². The Morgan fingerprint density at radius 3 is 2.89 bits per heavy atom. The van der Waals surface area contributed by atoms with Crippen LogP contribution in [0.4, 0.5) is 8.78 Å². The fraction of sp³-hybridized carbons (Fsp3) is 0.231. The third kappa shape index (κ3) is 3.45. The quantitative estimate of drug-likeness (QED) is 0.902. The molecule has 1 aromatic heterocycles. The maximum Gasteiger partial charge on any atom is 0.238 e. The molecule has 6 heteroatoms.